The van der Waals surface area contributed by atoms with Gasteiger partial charge in [0, 0.05) is 21.9 Å². The second-order valence-electron chi connectivity index (χ2n) is 11.5. The van der Waals surface area contributed by atoms with E-state index >= 15 is 0 Å². The summed E-state index contributed by atoms with van der Waals surface area (Å²) in [6.07, 6.45) is 0. The van der Waals surface area contributed by atoms with Crippen LogP contribution in [0, 0.1) is 0 Å². The Hall–Kier alpha value is -5.08. The van der Waals surface area contributed by atoms with Crippen LogP contribution in [-0.2, 0) is 5.41 Å². The first-order valence-electron chi connectivity index (χ1n) is 14.2. The molecule has 6 aromatic carbocycles. The maximum Gasteiger partial charge on any atom is 0.158 e. The van der Waals surface area contributed by atoms with Crippen molar-refractivity contribution in [1.29, 1.82) is 0 Å². The Kier molecular flexibility index (Phi) is 5.20. The van der Waals surface area contributed by atoms with E-state index in [1.165, 1.54) is 44.5 Å². The van der Waals surface area contributed by atoms with E-state index in [1.807, 2.05) is 6.07 Å². The van der Waals surface area contributed by atoms with E-state index in [4.69, 9.17) is 4.42 Å². The van der Waals surface area contributed by atoms with Gasteiger partial charge in [-0.05, 0) is 80.9 Å². The van der Waals surface area contributed by atoms with Crippen molar-refractivity contribution in [1.82, 2.24) is 0 Å². The third-order valence-electron chi connectivity index (χ3n) is 8.67. The number of hydrogen-bond donors (Lipinski definition) is 1. The molecular formula is C39H29NO. The molecular weight excluding hydrogens is 498 g/mol. The standard InChI is InChI=1S/C39H29NO/c1-39(2)34-19-16-27(25-10-5-3-6-11-25)22-31(34)32-24-29(18-20-35(32)39)40-36-15-9-14-30-33-23-28(26-12-7-4-8-13-26)17-21-37(33)41-38(30)36/h3-24,40H,1-2H3. The molecule has 2 heteroatoms. The zero-order chi connectivity index (χ0) is 27.6. The molecule has 0 unspecified atom stereocenters. The van der Waals surface area contributed by atoms with Gasteiger partial charge in [-0.15, -0.1) is 0 Å². The van der Waals surface area contributed by atoms with Crippen molar-refractivity contribution in [2.75, 3.05) is 5.32 Å². The summed E-state index contributed by atoms with van der Waals surface area (Å²) in [7, 11) is 0. The molecule has 7 aromatic rings. The number of furan rings is 1. The number of para-hydroxylation sites is 1. The van der Waals surface area contributed by atoms with E-state index in [-0.39, 0.29) is 5.41 Å². The van der Waals surface area contributed by atoms with E-state index in [1.54, 1.807) is 0 Å². The van der Waals surface area contributed by atoms with E-state index < -0.39 is 0 Å². The van der Waals surface area contributed by atoms with Gasteiger partial charge in [0.05, 0.1) is 5.69 Å². The highest BCUT2D eigenvalue weighted by Crippen LogP contribution is 2.50. The van der Waals surface area contributed by atoms with E-state index in [2.05, 4.69) is 147 Å². The molecule has 8 rings (SSSR count). The average Bonchev–Trinajstić information content (AvgIpc) is 3.50. The van der Waals surface area contributed by atoms with Crippen molar-refractivity contribution >= 4 is 33.3 Å². The van der Waals surface area contributed by atoms with Crippen LogP contribution in [0.15, 0.2) is 138 Å². The molecule has 1 aromatic heterocycles. The van der Waals surface area contributed by atoms with Crippen LogP contribution >= 0.6 is 0 Å². The van der Waals surface area contributed by atoms with Crippen LogP contribution in [0.5, 0.6) is 0 Å². The van der Waals surface area contributed by atoms with Crippen molar-refractivity contribution in [3.63, 3.8) is 0 Å². The molecule has 0 atom stereocenters. The second kappa shape index (κ2) is 8.97. The summed E-state index contributed by atoms with van der Waals surface area (Å²) in [5.74, 6) is 0. The fourth-order valence-corrected chi connectivity index (χ4v) is 6.52. The van der Waals surface area contributed by atoms with E-state index in [9.17, 15) is 0 Å². The lowest BCUT2D eigenvalue weighted by Crippen LogP contribution is -2.14. The summed E-state index contributed by atoms with van der Waals surface area (Å²) >= 11 is 0. The molecule has 1 aliphatic rings. The molecule has 0 fully saturated rings. The molecule has 1 aliphatic carbocycles. The lowest BCUT2D eigenvalue weighted by Gasteiger charge is -2.21. The molecule has 0 radical (unpaired) electrons. The molecule has 0 saturated carbocycles. The van der Waals surface area contributed by atoms with Crippen LogP contribution in [0.3, 0.4) is 0 Å². The van der Waals surface area contributed by atoms with E-state index in [0.29, 0.717) is 0 Å². The predicted octanol–water partition coefficient (Wildman–Crippen LogP) is 11.0. The van der Waals surface area contributed by atoms with Gasteiger partial charge in [-0.3, -0.25) is 0 Å². The predicted molar refractivity (Wildman–Crippen MR) is 172 cm³/mol. The molecule has 1 heterocycles. The van der Waals surface area contributed by atoms with Crippen molar-refractivity contribution in [2.45, 2.75) is 19.3 Å². The van der Waals surface area contributed by atoms with Gasteiger partial charge in [-0.25, -0.2) is 0 Å². The molecule has 2 nitrogen and oxygen atoms in total. The summed E-state index contributed by atoms with van der Waals surface area (Å²) in [6, 6.07) is 47.6. The Balaban J connectivity index is 1.20. The normalized spacial score (nSPS) is 13.3. The quantitative estimate of drug-likeness (QED) is 0.246. The summed E-state index contributed by atoms with van der Waals surface area (Å²) in [6.45, 7) is 4.65. The Morgan fingerprint density at radius 3 is 1.88 bits per heavy atom. The van der Waals surface area contributed by atoms with Gasteiger partial charge >= 0.3 is 0 Å². The maximum atomic E-state index is 6.43. The topological polar surface area (TPSA) is 25.2 Å². The molecule has 0 amide bonds. The smallest absolute Gasteiger partial charge is 0.158 e. The fourth-order valence-electron chi connectivity index (χ4n) is 6.52. The van der Waals surface area contributed by atoms with Gasteiger partial charge in [0.25, 0.3) is 0 Å². The van der Waals surface area contributed by atoms with Crippen molar-refractivity contribution in [2.24, 2.45) is 0 Å². The summed E-state index contributed by atoms with van der Waals surface area (Å²) < 4.78 is 6.43. The molecule has 0 spiro atoms. The first-order chi connectivity index (χ1) is 20.1. The van der Waals surface area contributed by atoms with Crippen LogP contribution in [0.1, 0.15) is 25.0 Å². The van der Waals surface area contributed by atoms with Gasteiger partial charge < -0.3 is 9.73 Å². The number of hydrogen-bond acceptors (Lipinski definition) is 2. The van der Waals surface area contributed by atoms with Gasteiger partial charge in [0.1, 0.15) is 5.58 Å². The van der Waals surface area contributed by atoms with Crippen LogP contribution in [0.2, 0.25) is 0 Å². The van der Waals surface area contributed by atoms with Crippen molar-refractivity contribution in [3.8, 4) is 33.4 Å². The van der Waals surface area contributed by atoms with Crippen molar-refractivity contribution in [3.05, 3.63) is 145 Å². The monoisotopic (exact) mass is 527 g/mol. The fraction of sp³-hybridized carbons (Fsp3) is 0.0769. The second-order valence-corrected chi connectivity index (χ2v) is 11.5. The number of nitrogens with one attached hydrogen (secondary N) is 1. The lowest BCUT2D eigenvalue weighted by atomic mass is 9.82. The number of fused-ring (bicyclic) bond motifs is 6. The SMILES string of the molecule is CC1(C)c2ccc(Nc3cccc4c3oc3ccc(-c5ccccc5)cc34)cc2-c2cc(-c3ccccc3)ccc21. The third kappa shape index (κ3) is 3.79. The minimum Gasteiger partial charge on any atom is -0.454 e. The first kappa shape index (κ1) is 23.8. The molecule has 0 saturated heterocycles. The Morgan fingerprint density at radius 1 is 0.512 bits per heavy atom. The van der Waals surface area contributed by atoms with Crippen LogP contribution in [-0.4, -0.2) is 0 Å². The Bertz CT molecular complexity index is 2080. The number of anilines is 2. The largest absolute Gasteiger partial charge is 0.454 e. The molecule has 196 valence electrons. The molecule has 0 aliphatic heterocycles. The zero-order valence-corrected chi connectivity index (χ0v) is 23.1. The molecule has 1 N–H and O–H groups in total. The Morgan fingerprint density at radius 2 is 1.15 bits per heavy atom. The minimum atomic E-state index is -0.0480. The van der Waals surface area contributed by atoms with Crippen LogP contribution in [0.4, 0.5) is 11.4 Å². The summed E-state index contributed by atoms with van der Waals surface area (Å²) in [4.78, 5) is 0. The van der Waals surface area contributed by atoms with Crippen molar-refractivity contribution < 1.29 is 4.42 Å². The lowest BCUT2D eigenvalue weighted by molar-refractivity contribution is 0.660. The Labute approximate surface area is 239 Å². The zero-order valence-electron chi connectivity index (χ0n) is 23.1. The van der Waals surface area contributed by atoms with Gasteiger partial charge in [0.15, 0.2) is 5.58 Å². The minimum absolute atomic E-state index is 0.0480. The van der Waals surface area contributed by atoms with Gasteiger partial charge in [-0.2, -0.15) is 0 Å². The molecule has 41 heavy (non-hydrogen) atoms. The van der Waals surface area contributed by atoms with Gasteiger partial charge in [0.2, 0.25) is 0 Å². The molecule has 0 bridgehead atoms. The highest BCUT2D eigenvalue weighted by molar-refractivity contribution is 6.10. The highest BCUT2D eigenvalue weighted by atomic mass is 16.3. The number of benzene rings is 6. The van der Waals surface area contributed by atoms with E-state index in [0.717, 1.165) is 33.3 Å². The summed E-state index contributed by atoms with van der Waals surface area (Å²) in [5.41, 5.74) is 13.9. The third-order valence-corrected chi connectivity index (χ3v) is 8.67. The summed E-state index contributed by atoms with van der Waals surface area (Å²) in [5, 5.41) is 5.94. The first-order valence-corrected chi connectivity index (χ1v) is 14.2. The number of rotatable bonds is 4. The highest BCUT2D eigenvalue weighted by Gasteiger charge is 2.35. The van der Waals surface area contributed by atoms with Crippen LogP contribution in [0.25, 0.3) is 55.3 Å². The van der Waals surface area contributed by atoms with Gasteiger partial charge in [-0.1, -0.05) is 111 Å². The van der Waals surface area contributed by atoms with Crippen LogP contribution < -0.4 is 5.32 Å². The maximum absolute atomic E-state index is 6.43. The average molecular weight is 528 g/mol.